The van der Waals surface area contributed by atoms with Crippen LogP contribution in [0, 0.1) is 11.3 Å². The van der Waals surface area contributed by atoms with Crippen molar-refractivity contribution >= 4 is 5.82 Å². The highest BCUT2D eigenvalue weighted by Gasteiger charge is 2.15. The highest BCUT2D eigenvalue weighted by atomic mass is 15.1. The molecule has 1 aromatic heterocycles. The fraction of sp³-hybridized carbons (Fsp3) is 0.333. The Balaban J connectivity index is 2.13. The minimum Gasteiger partial charge on any atom is -0.367 e. The van der Waals surface area contributed by atoms with E-state index in [4.69, 9.17) is 5.26 Å². The van der Waals surface area contributed by atoms with Crippen molar-refractivity contribution in [3.8, 4) is 6.07 Å². The van der Waals surface area contributed by atoms with Gasteiger partial charge >= 0.3 is 0 Å². The van der Waals surface area contributed by atoms with Crippen molar-refractivity contribution in [2.75, 3.05) is 26.0 Å². The lowest BCUT2D eigenvalue weighted by atomic mass is 10.0. The van der Waals surface area contributed by atoms with Gasteiger partial charge in [0.25, 0.3) is 0 Å². The second-order valence-corrected chi connectivity index (χ2v) is 5.47. The summed E-state index contributed by atoms with van der Waals surface area (Å²) in [5.74, 6) is 0.641. The maximum atomic E-state index is 9.13. The molecule has 0 radical (unpaired) electrons. The summed E-state index contributed by atoms with van der Waals surface area (Å²) in [5.41, 5.74) is 3.16. The number of benzene rings is 1. The lowest BCUT2D eigenvalue weighted by Crippen LogP contribution is -2.27. The molecule has 0 spiro atoms. The van der Waals surface area contributed by atoms with Crippen LogP contribution in [0.5, 0.6) is 0 Å². The van der Waals surface area contributed by atoms with Crippen LogP contribution < -0.4 is 5.32 Å². The highest BCUT2D eigenvalue weighted by Crippen LogP contribution is 2.20. The zero-order valence-corrected chi connectivity index (χ0v) is 13.4. The van der Waals surface area contributed by atoms with Gasteiger partial charge in [-0.2, -0.15) is 5.26 Å². The number of aromatic nitrogens is 1. The second-order valence-electron chi connectivity index (χ2n) is 5.47. The van der Waals surface area contributed by atoms with Gasteiger partial charge in [0, 0.05) is 12.7 Å². The third kappa shape index (κ3) is 3.84. The third-order valence-electron chi connectivity index (χ3n) is 3.79. The van der Waals surface area contributed by atoms with Crippen LogP contribution >= 0.6 is 0 Å². The molecular weight excluding hydrogens is 272 g/mol. The Labute approximate surface area is 132 Å². The molecule has 4 heteroatoms. The van der Waals surface area contributed by atoms with Gasteiger partial charge in [0.15, 0.2) is 0 Å². The minimum atomic E-state index is 0.222. The molecule has 0 saturated carbocycles. The van der Waals surface area contributed by atoms with Crippen molar-refractivity contribution < 1.29 is 0 Å². The number of hydrogen-bond acceptors (Lipinski definition) is 4. The topological polar surface area (TPSA) is 52.0 Å². The van der Waals surface area contributed by atoms with E-state index >= 15 is 0 Å². The summed E-state index contributed by atoms with van der Waals surface area (Å²) in [6.07, 6.45) is 2.74. The Bertz CT molecular complexity index is 641. The van der Waals surface area contributed by atoms with Gasteiger partial charge < -0.3 is 10.2 Å². The summed E-state index contributed by atoms with van der Waals surface area (Å²) in [5, 5.41) is 12.4. The lowest BCUT2D eigenvalue weighted by Gasteiger charge is -2.25. The van der Waals surface area contributed by atoms with Crippen LogP contribution in [0.3, 0.4) is 0 Å². The Kier molecular flexibility index (Phi) is 5.51. The largest absolute Gasteiger partial charge is 0.367 e. The molecule has 0 amide bonds. The quantitative estimate of drug-likeness (QED) is 0.888. The number of nitrogens with one attached hydrogen (secondary N) is 1. The molecule has 1 N–H and O–H groups in total. The smallest absolute Gasteiger partial charge is 0.143 e. The number of rotatable bonds is 6. The van der Waals surface area contributed by atoms with Crippen molar-refractivity contribution in [2.24, 2.45) is 0 Å². The van der Waals surface area contributed by atoms with Crippen molar-refractivity contribution in [3.05, 3.63) is 59.3 Å². The molecule has 0 fully saturated rings. The summed E-state index contributed by atoms with van der Waals surface area (Å²) in [7, 11) is 4.12. The molecule has 0 aliphatic rings. The van der Waals surface area contributed by atoms with E-state index in [1.54, 1.807) is 18.3 Å². The monoisotopic (exact) mass is 294 g/mol. The first-order chi connectivity index (χ1) is 10.7. The van der Waals surface area contributed by atoms with Crippen LogP contribution in [0.1, 0.15) is 29.7 Å². The average Bonchev–Trinajstić information content (AvgIpc) is 2.55. The molecule has 1 heterocycles. The molecule has 0 saturated heterocycles. The van der Waals surface area contributed by atoms with E-state index in [1.807, 2.05) is 0 Å². The van der Waals surface area contributed by atoms with Gasteiger partial charge in [-0.25, -0.2) is 4.98 Å². The van der Waals surface area contributed by atoms with Gasteiger partial charge in [-0.3, -0.25) is 0 Å². The van der Waals surface area contributed by atoms with Gasteiger partial charge in [-0.1, -0.05) is 31.2 Å². The Morgan fingerprint density at radius 1 is 1.23 bits per heavy atom. The van der Waals surface area contributed by atoms with Gasteiger partial charge in [-0.05, 0) is 43.8 Å². The standard InChI is InChI=1S/C18H22N4/c1-4-14-7-9-15(10-8-14)17(22(2)3)13-21-18-16(12-19)6-5-11-20-18/h5-11,17H,4,13H2,1-3H3,(H,20,21). The second kappa shape index (κ2) is 7.58. The van der Waals surface area contributed by atoms with Crippen LogP contribution in [0.15, 0.2) is 42.6 Å². The maximum Gasteiger partial charge on any atom is 0.143 e. The molecule has 2 rings (SSSR count). The third-order valence-corrected chi connectivity index (χ3v) is 3.79. The van der Waals surface area contributed by atoms with Crippen LogP contribution in [-0.4, -0.2) is 30.5 Å². The lowest BCUT2D eigenvalue weighted by molar-refractivity contribution is 0.311. The number of nitriles is 1. The van der Waals surface area contributed by atoms with Crippen molar-refractivity contribution in [2.45, 2.75) is 19.4 Å². The molecule has 1 unspecified atom stereocenters. The number of aryl methyl sites for hydroxylation is 1. The summed E-state index contributed by atoms with van der Waals surface area (Å²) in [4.78, 5) is 6.42. The molecule has 0 aliphatic heterocycles. The minimum absolute atomic E-state index is 0.222. The first-order valence-corrected chi connectivity index (χ1v) is 7.50. The van der Waals surface area contributed by atoms with E-state index in [1.165, 1.54) is 11.1 Å². The number of anilines is 1. The first-order valence-electron chi connectivity index (χ1n) is 7.50. The molecule has 114 valence electrons. The zero-order chi connectivity index (χ0) is 15.9. The fourth-order valence-corrected chi connectivity index (χ4v) is 2.40. The summed E-state index contributed by atoms with van der Waals surface area (Å²) in [6, 6.07) is 14.6. The molecular formula is C18H22N4. The highest BCUT2D eigenvalue weighted by molar-refractivity contribution is 5.51. The predicted molar refractivity (Wildman–Crippen MR) is 89.7 cm³/mol. The van der Waals surface area contributed by atoms with Crippen LogP contribution in [0.4, 0.5) is 5.82 Å². The van der Waals surface area contributed by atoms with Crippen LogP contribution in [-0.2, 0) is 6.42 Å². The van der Waals surface area contributed by atoms with E-state index in [2.05, 4.69) is 66.6 Å². The van der Waals surface area contributed by atoms with Crippen molar-refractivity contribution in [1.29, 1.82) is 5.26 Å². The maximum absolute atomic E-state index is 9.13. The Hall–Kier alpha value is -2.38. The predicted octanol–water partition coefficient (Wildman–Crippen LogP) is 3.23. The SMILES string of the molecule is CCc1ccc(C(CNc2ncccc2C#N)N(C)C)cc1. The first kappa shape index (κ1) is 16.0. The molecule has 1 atom stereocenters. The molecule has 1 aromatic carbocycles. The van der Waals surface area contributed by atoms with Crippen molar-refractivity contribution in [3.63, 3.8) is 0 Å². The fourth-order valence-electron chi connectivity index (χ4n) is 2.40. The molecule has 0 aliphatic carbocycles. The number of hydrogen-bond donors (Lipinski definition) is 1. The van der Waals surface area contributed by atoms with Crippen molar-refractivity contribution in [1.82, 2.24) is 9.88 Å². The number of pyridine rings is 1. The number of likely N-dealkylation sites (N-methyl/N-ethyl adjacent to an activating group) is 1. The number of nitrogens with zero attached hydrogens (tertiary/aromatic N) is 3. The summed E-state index contributed by atoms with van der Waals surface area (Å²) in [6.45, 7) is 2.86. The molecule has 4 nitrogen and oxygen atoms in total. The normalized spacial score (nSPS) is 12.0. The van der Waals surface area contributed by atoms with Gasteiger partial charge in [0.05, 0.1) is 11.6 Å². The molecule has 2 aromatic rings. The van der Waals surface area contributed by atoms with E-state index in [-0.39, 0.29) is 6.04 Å². The molecule has 22 heavy (non-hydrogen) atoms. The van der Waals surface area contributed by atoms with E-state index in [0.717, 1.165) is 6.42 Å². The Morgan fingerprint density at radius 2 is 1.95 bits per heavy atom. The van der Waals surface area contributed by atoms with E-state index < -0.39 is 0 Å². The van der Waals surface area contributed by atoms with Gasteiger partial charge in [-0.15, -0.1) is 0 Å². The molecule has 0 bridgehead atoms. The zero-order valence-electron chi connectivity index (χ0n) is 13.4. The summed E-state index contributed by atoms with van der Waals surface area (Å²) < 4.78 is 0. The van der Waals surface area contributed by atoms with E-state index in [0.29, 0.717) is 17.9 Å². The van der Waals surface area contributed by atoms with Gasteiger partial charge in [0.2, 0.25) is 0 Å². The van der Waals surface area contributed by atoms with Crippen LogP contribution in [0.2, 0.25) is 0 Å². The summed E-state index contributed by atoms with van der Waals surface area (Å²) >= 11 is 0. The average molecular weight is 294 g/mol. The Morgan fingerprint density at radius 3 is 2.55 bits per heavy atom. The van der Waals surface area contributed by atoms with Gasteiger partial charge in [0.1, 0.15) is 11.9 Å². The van der Waals surface area contributed by atoms with Crippen LogP contribution in [0.25, 0.3) is 0 Å². The van der Waals surface area contributed by atoms with E-state index in [9.17, 15) is 0 Å².